The minimum Gasteiger partial charge on any atom is -0.481 e. The first-order chi connectivity index (χ1) is 45.2. The van der Waals surface area contributed by atoms with Crippen LogP contribution in [0.1, 0.15) is 174 Å². The fourth-order valence-corrected chi connectivity index (χ4v) is 9.64. The molecule has 0 unspecified atom stereocenters. The number of Topliss-reactive ketones (excluding diaryl/α,β-unsaturated/α-hetero) is 2. The van der Waals surface area contributed by atoms with Crippen LogP contribution in [0.3, 0.4) is 0 Å². The molecule has 0 spiro atoms. The Morgan fingerprint density at radius 1 is 0.326 bits per heavy atom. The molecule has 13 N–H and O–H groups in total. The zero-order valence-electron chi connectivity index (χ0n) is 54.2. The molecule has 0 saturated carbocycles. The van der Waals surface area contributed by atoms with E-state index in [4.69, 9.17) is 24.1 Å². The summed E-state index contributed by atoms with van der Waals surface area (Å²) in [6, 6.07) is -7.26. The lowest BCUT2D eigenvalue weighted by atomic mass is 9.91. The van der Waals surface area contributed by atoms with E-state index in [2.05, 4.69) is 62.5 Å². The van der Waals surface area contributed by atoms with Gasteiger partial charge >= 0.3 is 35.8 Å². The van der Waals surface area contributed by atoms with Crippen molar-refractivity contribution in [1.82, 2.24) is 37.2 Å². The molecule has 0 aliphatic heterocycles. The lowest BCUT2D eigenvalue weighted by molar-refractivity contribution is -0.144. The number of thiol groups is 2. The van der Waals surface area contributed by atoms with E-state index in [9.17, 15) is 97.5 Å². The van der Waals surface area contributed by atoms with Gasteiger partial charge in [-0.15, -0.1) is 0 Å². The maximum Gasteiger partial charge on any atom is 0.326 e. The lowest BCUT2D eigenvalue weighted by Crippen LogP contribution is -2.45. The molecule has 0 radical (unpaired) electrons. The maximum absolute atomic E-state index is 12.7. The Morgan fingerprint density at radius 2 is 0.642 bits per heavy atom. The highest BCUT2D eigenvalue weighted by atomic mass is 32.1. The predicted molar refractivity (Wildman–Crippen MR) is 345 cm³/mol. The zero-order chi connectivity index (χ0) is 71.3. The number of aliphatic carboxylic acids is 6. The van der Waals surface area contributed by atoms with Gasteiger partial charge in [0.1, 0.15) is 43.2 Å². The Labute approximate surface area is 563 Å². The minimum atomic E-state index is -1.68. The van der Waals surface area contributed by atoms with Gasteiger partial charge in [0.15, 0.2) is 5.78 Å². The number of carboxylic acid groups (broad SMARTS) is 6. The number of carboxylic acids is 6. The molecule has 0 rings (SSSR count). The molecular formula is C61H101N7O25S2. The van der Waals surface area contributed by atoms with Crippen LogP contribution in [0.5, 0.6) is 0 Å². The normalized spacial score (nSPS) is 13.3. The summed E-state index contributed by atoms with van der Waals surface area (Å²) in [5.41, 5.74) is 0. The third kappa shape index (κ3) is 48.4. The summed E-state index contributed by atoms with van der Waals surface area (Å²) in [5.74, 6) is -15.6. The van der Waals surface area contributed by atoms with Gasteiger partial charge in [0, 0.05) is 81.9 Å². The average Bonchev–Trinajstić information content (AvgIpc) is 2.00. The second kappa shape index (κ2) is 55.2. The fraction of sp³-hybridized carbons (Fsp3) is 0.754. The van der Waals surface area contributed by atoms with Crippen LogP contribution in [-0.2, 0) is 90.9 Å². The van der Waals surface area contributed by atoms with Crippen LogP contribution < -0.4 is 37.2 Å². The standard InChI is InChI=1S/C61H101N7O25S2/c1-40(47(69)34-41(38-94)48(70)35-42(39-95)57(80)81)64-55(77)37-93-33-31-91-29-27-63-54(76)36-92-32-30-90-28-26-62-49(71)22-18-43(58(82)83)66-51(73)24-20-45(60(86)87)68-53(75)25-21-46(61(88)89)67-52(74)23-19-44(59(84)85)65-50(72)16-14-12-10-8-6-4-2-3-5-7-9-11-13-15-17-56(78)79/h40-46,94-95H,2-39H2,1H3,(H,62,71)(H,63,76)(H,64,77)(H,65,72)(H,66,73)(H,67,74)(H,68,75)(H,78,79)(H,80,81)(H,82,83)(H,84,85)(H,86,87)(H,88,89)/t40-,41-,42-,43-,44-,45-,46-/m0/s1. The van der Waals surface area contributed by atoms with E-state index in [0.29, 0.717) is 6.42 Å². The SMILES string of the molecule is C[C@H](NC(=O)COCCOCCNC(=O)COCCOCCNC(=O)CC[C@H](NC(=O)CC[C@H](NC(=O)CC[C@H](NC(=O)CC[C@H](NC(=O)CCCCCCCCCCCCCCCCC(=O)O)C(=O)O)C(=O)O)C(=O)O)C(=O)O)C(=O)C[C@@H](CS)C(=O)C[C@@H](CS)C(=O)O. The molecule has 34 heteroatoms. The Bertz CT molecular complexity index is 2410. The van der Waals surface area contributed by atoms with Crippen LogP contribution in [0.15, 0.2) is 0 Å². The highest BCUT2D eigenvalue weighted by Crippen LogP contribution is 2.18. The number of ketones is 2. The van der Waals surface area contributed by atoms with E-state index in [1.165, 1.54) is 6.92 Å². The molecule has 0 heterocycles. The van der Waals surface area contributed by atoms with Crippen molar-refractivity contribution in [3.05, 3.63) is 0 Å². The van der Waals surface area contributed by atoms with E-state index >= 15 is 0 Å². The van der Waals surface area contributed by atoms with Crippen molar-refractivity contribution >= 4 is 114 Å². The van der Waals surface area contributed by atoms with Crippen molar-refractivity contribution < 1.29 is 122 Å². The van der Waals surface area contributed by atoms with Crippen molar-refractivity contribution in [2.45, 2.75) is 204 Å². The fourth-order valence-electron chi connectivity index (χ4n) is 9.02. The number of unbranched alkanes of at least 4 members (excludes halogenated alkanes) is 13. The highest BCUT2D eigenvalue weighted by Gasteiger charge is 2.30. The van der Waals surface area contributed by atoms with Gasteiger partial charge in [0.05, 0.1) is 51.6 Å². The van der Waals surface area contributed by atoms with Crippen LogP contribution in [0.2, 0.25) is 0 Å². The Morgan fingerprint density at radius 3 is 1.00 bits per heavy atom. The largest absolute Gasteiger partial charge is 0.481 e. The number of nitrogens with one attached hydrogen (secondary N) is 7. The molecule has 0 aromatic carbocycles. The topological polar surface area (TPSA) is 499 Å². The summed E-state index contributed by atoms with van der Waals surface area (Å²) in [6.07, 6.45) is 9.85. The van der Waals surface area contributed by atoms with Crippen molar-refractivity contribution in [3.8, 4) is 0 Å². The van der Waals surface area contributed by atoms with Crippen LogP contribution in [0.4, 0.5) is 0 Å². The smallest absolute Gasteiger partial charge is 0.326 e. The molecule has 0 aromatic heterocycles. The minimum absolute atomic E-state index is 0.0137. The summed E-state index contributed by atoms with van der Waals surface area (Å²) >= 11 is 8.06. The summed E-state index contributed by atoms with van der Waals surface area (Å²) < 4.78 is 21.2. The molecule has 0 aromatic rings. The first-order valence-corrected chi connectivity index (χ1v) is 33.4. The van der Waals surface area contributed by atoms with E-state index in [0.717, 1.165) is 83.5 Å². The van der Waals surface area contributed by atoms with Gasteiger partial charge in [0.25, 0.3) is 0 Å². The van der Waals surface area contributed by atoms with Gasteiger partial charge in [-0.05, 0) is 45.4 Å². The van der Waals surface area contributed by atoms with Gasteiger partial charge in [-0.25, -0.2) is 19.2 Å². The molecule has 7 amide bonds. The average molecular weight is 1400 g/mol. The van der Waals surface area contributed by atoms with Crippen molar-refractivity contribution in [1.29, 1.82) is 0 Å². The molecule has 0 saturated heterocycles. The second-order valence-electron chi connectivity index (χ2n) is 22.6. The Hall–Kier alpha value is -7.01. The van der Waals surface area contributed by atoms with Gasteiger partial charge in [-0.1, -0.05) is 77.0 Å². The van der Waals surface area contributed by atoms with Gasteiger partial charge in [-0.2, -0.15) is 25.3 Å². The number of hydrogen-bond acceptors (Lipinski definition) is 21. The summed E-state index contributed by atoms with van der Waals surface area (Å²) in [4.78, 5) is 182. The molecule has 32 nitrogen and oxygen atoms in total. The van der Waals surface area contributed by atoms with Crippen LogP contribution >= 0.6 is 25.3 Å². The molecular weight excluding hydrogens is 1290 g/mol. The monoisotopic (exact) mass is 1400 g/mol. The Kier molecular flexibility index (Phi) is 51.1. The third-order valence-electron chi connectivity index (χ3n) is 14.6. The molecule has 0 bridgehead atoms. The summed E-state index contributed by atoms with van der Waals surface area (Å²) in [7, 11) is 0. The number of hydrogen-bond donors (Lipinski definition) is 15. The molecule has 542 valence electrons. The number of ether oxygens (including phenoxy) is 4. The number of carbonyl (C=O) groups is 15. The highest BCUT2D eigenvalue weighted by molar-refractivity contribution is 7.80. The van der Waals surface area contributed by atoms with Gasteiger partial charge < -0.3 is 86.8 Å². The number of carbonyl (C=O) groups excluding carboxylic acids is 9. The van der Waals surface area contributed by atoms with E-state index < -0.39 is 163 Å². The van der Waals surface area contributed by atoms with Crippen molar-refractivity contribution in [2.75, 3.05) is 77.5 Å². The summed E-state index contributed by atoms with van der Waals surface area (Å²) in [5, 5.41) is 73.0. The maximum atomic E-state index is 12.7. The quantitative estimate of drug-likeness (QED) is 0.0304. The molecule has 95 heavy (non-hydrogen) atoms. The van der Waals surface area contributed by atoms with Crippen molar-refractivity contribution in [3.63, 3.8) is 0 Å². The molecule has 0 aliphatic rings. The van der Waals surface area contributed by atoms with Gasteiger partial charge in [0.2, 0.25) is 41.4 Å². The molecule has 7 atom stereocenters. The number of amides is 7. The first kappa shape index (κ1) is 88.0. The molecule has 0 fully saturated rings. The number of rotatable bonds is 63. The van der Waals surface area contributed by atoms with Crippen molar-refractivity contribution in [2.24, 2.45) is 11.8 Å². The summed E-state index contributed by atoms with van der Waals surface area (Å²) in [6.45, 7) is 1.21. The molecule has 0 aliphatic carbocycles. The predicted octanol–water partition coefficient (Wildman–Crippen LogP) is 1.61. The van der Waals surface area contributed by atoms with Crippen LogP contribution in [0.25, 0.3) is 0 Å². The van der Waals surface area contributed by atoms with Crippen LogP contribution in [0, 0.1) is 11.8 Å². The van der Waals surface area contributed by atoms with E-state index in [-0.39, 0.29) is 122 Å². The van der Waals surface area contributed by atoms with Crippen LogP contribution in [-0.4, -0.2) is 227 Å². The van der Waals surface area contributed by atoms with Gasteiger partial charge in [-0.3, -0.25) is 52.7 Å². The third-order valence-corrected chi connectivity index (χ3v) is 15.4. The zero-order valence-corrected chi connectivity index (χ0v) is 56.0. The van der Waals surface area contributed by atoms with E-state index in [1.54, 1.807) is 0 Å². The first-order valence-electron chi connectivity index (χ1n) is 32.1. The second-order valence-corrected chi connectivity index (χ2v) is 23.3. The lowest BCUT2D eigenvalue weighted by Gasteiger charge is -2.18. The van der Waals surface area contributed by atoms with E-state index in [1.807, 2.05) is 0 Å². The Balaban J connectivity index is 4.38.